The number of carboxylic acids is 6. The van der Waals surface area contributed by atoms with Crippen molar-refractivity contribution in [1.82, 2.24) is 29.7 Å². The first-order valence-corrected chi connectivity index (χ1v) is 38.5. The minimum absolute atomic E-state index is 0. The van der Waals surface area contributed by atoms with Gasteiger partial charge in [0.25, 0.3) is 0 Å². The molecule has 22 heteroatoms. The van der Waals surface area contributed by atoms with Crippen LogP contribution >= 0.6 is 0 Å². The van der Waals surface area contributed by atoms with Gasteiger partial charge >= 0.3 is 79.9 Å². The number of hydrogen-bond acceptors (Lipinski definition) is 18. The molecule has 2 amide bonds. The van der Waals surface area contributed by atoms with Crippen molar-refractivity contribution in [1.29, 1.82) is 0 Å². The fourth-order valence-electron chi connectivity index (χ4n) is 13.0. The Morgan fingerprint density at radius 3 is 0.500 bits per heavy atom. The fourth-order valence-corrected chi connectivity index (χ4v) is 13.0. The van der Waals surface area contributed by atoms with Gasteiger partial charge in [-0.15, -0.1) is 0 Å². The number of benzene rings is 14. The second kappa shape index (κ2) is 51.5. The van der Waals surface area contributed by atoms with Crippen molar-refractivity contribution in [2.45, 2.75) is 38.5 Å². The molecule has 4 heterocycles. The summed E-state index contributed by atoms with van der Waals surface area (Å²) in [6.07, 6.45) is 8.55. The van der Waals surface area contributed by atoms with Gasteiger partial charge in [-0.2, -0.15) is 0 Å². The zero-order chi connectivity index (χ0) is 87.1. The summed E-state index contributed by atoms with van der Waals surface area (Å²) < 4.78 is 0. The summed E-state index contributed by atoms with van der Waals surface area (Å²) in [5.41, 5.74) is 8.76. The monoisotopic (exact) mass is 1930 g/mol. The van der Waals surface area contributed by atoms with E-state index in [-0.39, 0.29) is 118 Å². The van der Waals surface area contributed by atoms with Crippen molar-refractivity contribution in [2.75, 3.05) is 28.2 Å². The number of hydrogen-bond donors (Lipinski definition) is 0. The van der Waals surface area contributed by atoms with Gasteiger partial charge in [0, 0.05) is 149 Å². The van der Waals surface area contributed by atoms with Gasteiger partial charge in [-0.3, -0.25) is 29.5 Å². The minimum atomic E-state index is -1.04. The molecule has 18 aromatic rings. The molecule has 0 N–H and O–H groups in total. The van der Waals surface area contributed by atoms with Crippen molar-refractivity contribution < 1.29 is 149 Å². The fraction of sp³-hybridized carbons (Fsp3) is 0.0980. The summed E-state index contributed by atoms with van der Waals surface area (Å²) in [7, 11) is 6.75. The van der Waals surface area contributed by atoms with E-state index in [2.05, 4.69) is 68.5 Å². The molecule has 20 nitrogen and oxygen atoms in total. The van der Waals surface area contributed by atoms with Gasteiger partial charge < -0.3 is 69.2 Å². The maximum Gasteiger partial charge on any atom is 3.00 e. The van der Waals surface area contributed by atoms with Crippen molar-refractivity contribution in [3.05, 3.63) is 386 Å². The molecular formula is C102H84Gd2N6O14. The molecule has 0 saturated heterocycles. The van der Waals surface area contributed by atoms with Crippen LogP contribution in [0.5, 0.6) is 0 Å². The number of carboxylic acid groups (broad SMARTS) is 6. The van der Waals surface area contributed by atoms with E-state index in [1.54, 1.807) is 53.0 Å². The van der Waals surface area contributed by atoms with E-state index in [9.17, 15) is 69.0 Å². The summed E-state index contributed by atoms with van der Waals surface area (Å²) >= 11 is 0. The van der Waals surface area contributed by atoms with Crippen LogP contribution < -0.4 is 30.6 Å². The van der Waals surface area contributed by atoms with Gasteiger partial charge in [-0.25, -0.2) is 0 Å². The quantitative estimate of drug-likeness (QED) is 0.0721. The second-order valence-electron chi connectivity index (χ2n) is 27.7. The van der Waals surface area contributed by atoms with Crippen LogP contribution in [-0.4, -0.2) is 107 Å². The van der Waals surface area contributed by atoms with E-state index in [1.165, 1.54) is 9.80 Å². The zero-order valence-electron chi connectivity index (χ0n) is 68.0. The Labute approximate surface area is 780 Å². The van der Waals surface area contributed by atoms with E-state index >= 15 is 0 Å². The summed E-state index contributed by atoms with van der Waals surface area (Å²) in [6.45, 7) is 0. The predicted octanol–water partition coefficient (Wildman–Crippen LogP) is 11.8. The largest absolute Gasteiger partial charge is 3.00 e. The van der Waals surface area contributed by atoms with Crippen LogP contribution in [0.15, 0.2) is 352 Å². The second-order valence-corrected chi connectivity index (χ2v) is 27.7. The SMILES string of the molecule is CN(C)C=O.CN(C)C=O.O=C([O-])Cc1cccc2ccccc12.O=C([O-])Cc1cccc2ccccc12.O=C([O-])Cc1cccc2ccccc12.O=C([O-])Cc1cccc2ccccc12.O=C([O-])Cc1cccc2ccccc12.O=C([O-])Cc1cccc2ccccc12.[Gd+3].[Gd+3].c1cnc2c(c1)ccc1cccnc12.c1cnc2c(c1)ccc1cccnc12. The molecule has 0 aliphatic carbocycles. The molecule has 124 heavy (non-hydrogen) atoms. The Bertz CT molecular complexity index is 5660. The first kappa shape index (κ1) is 97.8. The Hall–Kier alpha value is -13.3. The van der Waals surface area contributed by atoms with Crippen molar-refractivity contribution in [3.8, 4) is 0 Å². The third kappa shape index (κ3) is 30.7. The molecule has 4 aromatic heterocycles. The Morgan fingerprint density at radius 1 is 0.218 bits per heavy atom. The molecule has 14 aromatic carbocycles. The maximum absolute atomic E-state index is 10.5. The molecule has 0 unspecified atom stereocenters. The van der Waals surface area contributed by atoms with Gasteiger partial charge in [0.15, 0.2) is 0 Å². The van der Waals surface area contributed by atoms with Crippen LogP contribution in [0.2, 0.25) is 0 Å². The van der Waals surface area contributed by atoms with Crippen LogP contribution in [-0.2, 0) is 76.9 Å². The number of pyridine rings is 4. The maximum atomic E-state index is 10.5. The van der Waals surface area contributed by atoms with Crippen LogP contribution in [0.4, 0.5) is 0 Å². The molecule has 0 fully saturated rings. The predicted molar refractivity (Wildman–Crippen MR) is 470 cm³/mol. The number of nitrogens with zero attached hydrogens (tertiary/aromatic N) is 6. The molecule has 0 saturated carbocycles. The van der Waals surface area contributed by atoms with Gasteiger partial charge in [0.2, 0.25) is 12.8 Å². The number of amides is 2. The summed E-state index contributed by atoms with van der Waals surface area (Å²) in [6, 6.07) is 105. The number of fused-ring (bicyclic) bond motifs is 12. The smallest absolute Gasteiger partial charge is 0.550 e. The third-order valence-corrected chi connectivity index (χ3v) is 18.4. The summed E-state index contributed by atoms with van der Waals surface area (Å²) in [5.74, 6) is -6.24. The summed E-state index contributed by atoms with van der Waals surface area (Å²) in [5, 5.41) is 79.8. The minimum Gasteiger partial charge on any atom is -0.550 e. The molecular weight excluding hydrogens is 1850 g/mol. The number of carbonyl (C=O) groups is 8. The number of aromatic nitrogens is 4. The number of rotatable bonds is 14. The van der Waals surface area contributed by atoms with Gasteiger partial charge in [0.05, 0.1) is 22.1 Å². The van der Waals surface area contributed by atoms with Crippen LogP contribution in [0, 0.1) is 79.9 Å². The van der Waals surface area contributed by atoms with E-state index in [0.29, 0.717) is 0 Å². The first-order valence-electron chi connectivity index (χ1n) is 38.5. The Morgan fingerprint density at radius 2 is 0.355 bits per heavy atom. The molecule has 0 spiro atoms. The van der Waals surface area contributed by atoms with Crippen LogP contribution in [0.3, 0.4) is 0 Å². The third-order valence-electron chi connectivity index (χ3n) is 18.4. The molecule has 18 rings (SSSR count). The van der Waals surface area contributed by atoms with Crippen molar-refractivity contribution in [3.63, 3.8) is 0 Å². The molecule has 0 bridgehead atoms. The molecule has 0 atom stereocenters. The topological polar surface area (TPSA) is 333 Å². The normalized spacial score (nSPS) is 9.97. The molecule has 622 valence electrons. The van der Waals surface area contributed by atoms with Gasteiger partial charge in [0.1, 0.15) is 0 Å². The van der Waals surface area contributed by atoms with Gasteiger partial charge in [-0.05, 0) is 122 Å². The van der Waals surface area contributed by atoms with E-state index < -0.39 is 35.8 Å². The molecule has 2 radical (unpaired) electrons. The van der Waals surface area contributed by atoms with Crippen molar-refractivity contribution >= 4 is 157 Å². The van der Waals surface area contributed by atoms with Crippen LogP contribution in [0.1, 0.15) is 33.4 Å². The van der Waals surface area contributed by atoms with Crippen molar-refractivity contribution in [2.24, 2.45) is 0 Å². The first-order chi connectivity index (χ1) is 59.1. The zero-order valence-corrected chi connectivity index (χ0v) is 72.5. The Kier molecular flexibility index (Phi) is 40.6. The van der Waals surface area contributed by atoms with E-state index in [1.807, 2.05) is 279 Å². The average Bonchev–Trinajstić information content (AvgIpc) is 0.794. The average molecular weight is 1930 g/mol. The van der Waals surface area contributed by atoms with E-state index in [4.69, 9.17) is 0 Å². The summed E-state index contributed by atoms with van der Waals surface area (Å²) in [4.78, 5) is 102. The standard InChI is InChI=1S/2C12H8N2.6C12H10O2.2C3H7NO.2Gd/c2*1-3-9-5-6-10-4-2-8-14-12(10)11(9)13-7-1;6*13-12(14)8-10-6-3-5-9-4-1-2-7-11(9)10;2*1-4(2)3-5;;/h2*1-8H;6*1-7H,8H2,(H,13,14);2*3H,1-2H3;;/q;;;;;;;;;;2*+3/p-6. The van der Waals surface area contributed by atoms with Crippen LogP contribution in [0.25, 0.3) is 108 Å². The van der Waals surface area contributed by atoms with E-state index in [0.717, 1.165) is 154 Å². The molecule has 0 aliphatic heterocycles. The number of carbonyl (C=O) groups excluding carboxylic acids is 8. The molecule has 0 aliphatic rings. The number of aliphatic carboxylic acids is 6. The Balaban J connectivity index is 0.000000191. The van der Waals surface area contributed by atoms with Gasteiger partial charge in [-0.1, -0.05) is 303 Å².